The number of esters is 1. The number of aliphatic hydroxyl groups is 4. The molecule has 3 aliphatic heterocycles. The zero-order chi connectivity index (χ0) is 39.3. The number of aliphatic hydroxyl groups excluding tert-OH is 2. The maximum Gasteiger partial charge on any atom is 0.311 e. The van der Waals surface area contributed by atoms with Crippen molar-refractivity contribution in [1.82, 2.24) is 9.80 Å². The summed E-state index contributed by atoms with van der Waals surface area (Å²) in [4.78, 5) is 18.1. The van der Waals surface area contributed by atoms with Gasteiger partial charge in [-0.15, -0.1) is 0 Å². The van der Waals surface area contributed by atoms with Crippen molar-refractivity contribution in [2.24, 2.45) is 17.8 Å². The third-order valence-corrected chi connectivity index (χ3v) is 11.6. The monoisotopic (exact) mass is 743 g/mol. The molecule has 3 saturated heterocycles. The van der Waals surface area contributed by atoms with Crippen molar-refractivity contribution in [1.29, 1.82) is 5.26 Å². The Bertz CT molecular complexity index is 1180. The number of β-amino-alcohol motifs (C(OH)–C–C–N with tert-alkyl or cyclic N) is 1. The molecule has 16 atom stereocenters. The summed E-state index contributed by atoms with van der Waals surface area (Å²) in [6.07, 6.45) is -6.25. The summed E-state index contributed by atoms with van der Waals surface area (Å²) in [6, 6.07) is 1.91. The summed E-state index contributed by atoms with van der Waals surface area (Å²) >= 11 is 0. The van der Waals surface area contributed by atoms with Gasteiger partial charge in [-0.1, -0.05) is 20.8 Å². The van der Waals surface area contributed by atoms with Gasteiger partial charge in [-0.3, -0.25) is 9.69 Å². The fourth-order valence-electron chi connectivity index (χ4n) is 8.63. The molecule has 14 heteroatoms. The first-order valence-electron chi connectivity index (χ1n) is 19.0. The lowest BCUT2D eigenvalue weighted by molar-refractivity contribution is -0.318. The van der Waals surface area contributed by atoms with Crippen LogP contribution in [0.3, 0.4) is 0 Å². The van der Waals surface area contributed by atoms with Crippen LogP contribution in [0, 0.1) is 29.1 Å². The fraction of sp³-hybridized carbons (Fsp3) is 0.947. The van der Waals surface area contributed by atoms with Crippen LogP contribution in [0.5, 0.6) is 0 Å². The van der Waals surface area contributed by atoms with Gasteiger partial charge in [0.15, 0.2) is 12.6 Å². The van der Waals surface area contributed by atoms with E-state index in [9.17, 15) is 30.5 Å². The Morgan fingerprint density at radius 1 is 1.02 bits per heavy atom. The first-order valence-corrected chi connectivity index (χ1v) is 19.0. The molecule has 0 aromatic carbocycles. The molecule has 0 amide bonds. The highest BCUT2D eigenvalue weighted by Gasteiger charge is 2.52. The van der Waals surface area contributed by atoms with Crippen molar-refractivity contribution >= 4 is 5.97 Å². The molecule has 3 aliphatic rings. The van der Waals surface area contributed by atoms with Gasteiger partial charge in [0.05, 0.1) is 47.6 Å². The Morgan fingerprint density at radius 2 is 1.67 bits per heavy atom. The normalized spacial score (nSPS) is 46.3. The summed E-state index contributed by atoms with van der Waals surface area (Å²) in [7, 11) is 5.29. The molecular formula is C38H69N3O11. The van der Waals surface area contributed by atoms with Crippen molar-refractivity contribution in [3.05, 3.63) is 0 Å². The van der Waals surface area contributed by atoms with E-state index in [-0.39, 0.29) is 43.9 Å². The zero-order valence-electron chi connectivity index (χ0n) is 33.7. The van der Waals surface area contributed by atoms with Crippen LogP contribution in [0.4, 0.5) is 0 Å². The van der Waals surface area contributed by atoms with Crippen LogP contribution >= 0.6 is 0 Å². The molecule has 3 heterocycles. The third kappa shape index (κ3) is 10.8. The van der Waals surface area contributed by atoms with Crippen molar-refractivity contribution in [3.8, 4) is 6.07 Å². The Kier molecular flexibility index (Phi) is 15.9. The van der Waals surface area contributed by atoms with Gasteiger partial charge in [0.1, 0.15) is 23.9 Å². The molecule has 0 aromatic rings. The quantitative estimate of drug-likeness (QED) is 0.253. The predicted octanol–water partition coefficient (Wildman–Crippen LogP) is 2.44. The predicted molar refractivity (Wildman–Crippen MR) is 193 cm³/mol. The van der Waals surface area contributed by atoms with Gasteiger partial charge in [-0.25, -0.2) is 0 Å². The summed E-state index contributed by atoms with van der Waals surface area (Å²) < 4.78 is 37.6. The van der Waals surface area contributed by atoms with Crippen LogP contribution < -0.4 is 0 Å². The van der Waals surface area contributed by atoms with E-state index < -0.39 is 83.8 Å². The lowest BCUT2D eigenvalue weighted by Crippen LogP contribution is -2.61. The van der Waals surface area contributed by atoms with E-state index in [4.69, 9.17) is 28.4 Å². The Hall–Kier alpha value is -1.48. The lowest BCUT2D eigenvalue weighted by atomic mass is 9.77. The van der Waals surface area contributed by atoms with Crippen molar-refractivity contribution in [2.75, 3.05) is 40.8 Å². The first-order chi connectivity index (χ1) is 24.1. The number of rotatable bonds is 9. The zero-order valence-corrected chi connectivity index (χ0v) is 33.7. The minimum atomic E-state index is -1.56. The van der Waals surface area contributed by atoms with Gasteiger partial charge in [0, 0.05) is 51.5 Å². The van der Waals surface area contributed by atoms with Gasteiger partial charge in [0.2, 0.25) is 0 Å². The molecule has 0 aliphatic carbocycles. The van der Waals surface area contributed by atoms with Gasteiger partial charge in [-0.05, 0) is 80.8 Å². The highest BCUT2D eigenvalue weighted by Crippen LogP contribution is 2.40. The highest BCUT2D eigenvalue weighted by molar-refractivity contribution is 5.73. The number of methoxy groups -OCH3 is 1. The van der Waals surface area contributed by atoms with E-state index in [1.165, 1.54) is 7.11 Å². The highest BCUT2D eigenvalue weighted by atomic mass is 16.7. The van der Waals surface area contributed by atoms with Crippen LogP contribution in [0.25, 0.3) is 0 Å². The molecule has 0 unspecified atom stereocenters. The average molecular weight is 744 g/mol. The summed E-state index contributed by atoms with van der Waals surface area (Å²) in [5.41, 5.74) is -4.01. The number of nitriles is 1. The summed E-state index contributed by atoms with van der Waals surface area (Å²) in [5.74, 6) is -2.46. The molecule has 0 aromatic heterocycles. The number of likely N-dealkylation sites (N-methyl/N-ethyl adjacent to an activating group) is 1. The number of cyclic esters (lactones) is 1. The topological polar surface area (TPSA) is 184 Å². The number of hydrogen-bond donors (Lipinski definition) is 4. The van der Waals surface area contributed by atoms with E-state index in [0.29, 0.717) is 25.9 Å². The van der Waals surface area contributed by atoms with E-state index in [2.05, 4.69) is 6.07 Å². The van der Waals surface area contributed by atoms with Gasteiger partial charge >= 0.3 is 5.97 Å². The average Bonchev–Trinajstić information content (AvgIpc) is 3.05. The molecule has 3 rings (SSSR count). The number of ether oxygens (including phenoxy) is 6. The second kappa shape index (κ2) is 18.4. The standard InChI is InChI=1S/C38H69N3O11/c1-13-28-37(8,46)21-41(16-14-15-39)20-22(2)18-36(7,45)33(52-35-30(42)27(40(10)11)17-23(3)48-35)24(4)31(25(5)34(44)50-28)51-29-19-38(9,47-12)32(43)26(6)49-29/h22-33,35,42-43,45-46H,13-14,16-21H2,1-12H3/t22-,23-,24+,25-,26+,27+,28-,29+,30-,31+,32+,33-,35+,36-,37+,38-/m1/s1. The number of hydrogen-bond acceptors (Lipinski definition) is 14. The van der Waals surface area contributed by atoms with Gasteiger partial charge < -0.3 is 53.7 Å². The second-order valence-corrected chi connectivity index (χ2v) is 16.8. The molecule has 3 fully saturated rings. The number of carbonyl (C=O) groups excluding carboxylic acids is 1. The van der Waals surface area contributed by atoms with E-state index >= 15 is 0 Å². The Morgan fingerprint density at radius 3 is 2.25 bits per heavy atom. The molecule has 4 N–H and O–H groups in total. The molecular weight excluding hydrogens is 674 g/mol. The van der Waals surface area contributed by atoms with Gasteiger partial charge in [0.25, 0.3) is 0 Å². The minimum Gasteiger partial charge on any atom is -0.459 e. The van der Waals surface area contributed by atoms with Gasteiger partial charge in [-0.2, -0.15) is 5.26 Å². The minimum absolute atomic E-state index is 0.134. The Labute approximate surface area is 311 Å². The summed E-state index contributed by atoms with van der Waals surface area (Å²) in [5, 5.41) is 56.1. The van der Waals surface area contributed by atoms with E-state index in [0.717, 1.165) is 0 Å². The SMILES string of the molecule is CC[C@H]1OC(=O)[C@H](C)[C@@H](O[C@H]2C[C@@](C)(OC)[C@@H](O)[C@H](C)O2)[C@H](C)[C@@H](O[C@@H]2O[C@H](C)C[C@H](N(C)C)[C@H]2O)[C@](C)(O)C[C@@H](C)CN(CCC#N)C[C@]1(C)O. The molecule has 0 saturated carbocycles. The molecule has 0 bridgehead atoms. The molecule has 0 spiro atoms. The Balaban J connectivity index is 2.15. The maximum absolute atomic E-state index is 14.2. The smallest absolute Gasteiger partial charge is 0.311 e. The third-order valence-electron chi connectivity index (χ3n) is 11.6. The lowest BCUT2D eigenvalue weighted by Gasteiger charge is -2.49. The van der Waals surface area contributed by atoms with Crippen LogP contribution in [0.2, 0.25) is 0 Å². The number of nitrogens with zero attached hydrogens (tertiary/aromatic N) is 3. The van der Waals surface area contributed by atoms with Crippen LogP contribution in [0.15, 0.2) is 0 Å². The molecule has 14 nitrogen and oxygen atoms in total. The molecule has 52 heavy (non-hydrogen) atoms. The first kappa shape index (κ1) is 44.9. The maximum atomic E-state index is 14.2. The van der Waals surface area contributed by atoms with Crippen molar-refractivity contribution < 1.29 is 53.6 Å². The van der Waals surface area contributed by atoms with E-state index in [1.807, 2.05) is 51.6 Å². The van der Waals surface area contributed by atoms with Crippen LogP contribution in [-0.4, -0.2) is 155 Å². The van der Waals surface area contributed by atoms with Crippen molar-refractivity contribution in [3.63, 3.8) is 0 Å². The second-order valence-electron chi connectivity index (χ2n) is 16.8. The van der Waals surface area contributed by atoms with Crippen LogP contribution in [-0.2, 0) is 33.2 Å². The molecule has 302 valence electrons. The van der Waals surface area contributed by atoms with Crippen LogP contribution in [0.1, 0.15) is 94.4 Å². The van der Waals surface area contributed by atoms with Crippen molar-refractivity contribution in [2.45, 2.75) is 173 Å². The van der Waals surface area contributed by atoms with E-state index in [1.54, 1.807) is 34.6 Å². The molecule has 0 radical (unpaired) electrons. The number of carbonyl (C=O) groups is 1. The fourth-order valence-corrected chi connectivity index (χ4v) is 8.63. The summed E-state index contributed by atoms with van der Waals surface area (Å²) in [6.45, 7) is 17.0. The largest absolute Gasteiger partial charge is 0.459 e.